The molecular formula is C18H12ClN5O2S2. The first kappa shape index (κ1) is 18.5. The zero-order valence-corrected chi connectivity index (χ0v) is 16.8. The van der Waals surface area contributed by atoms with E-state index in [0.717, 1.165) is 4.70 Å². The number of rotatable bonds is 1. The van der Waals surface area contributed by atoms with Crippen molar-refractivity contribution in [2.24, 2.45) is 0 Å². The molecule has 10 heteroatoms. The van der Waals surface area contributed by atoms with Gasteiger partial charge in [-0.1, -0.05) is 41.1 Å². The number of carbonyl (C=O) groups excluding carboxylic acids is 1. The number of halogens is 1. The Hall–Kier alpha value is -2.88. The molecule has 0 unspecified atom stereocenters. The molecule has 28 heavy (non-hydrogen) atoms. The van der Waals surface area contributed by atoms with Crippen LogP contribution in [0.1, 0.15) is 5.82 Å². The van der Waals surface area contributed by atoms with Crippen molar-refractivity contribution in [2.75, 3.05) is 5.32 Å². The van der Waals surface area contributed by atoms with Gasteiger partial charge in [0, 0.05) is 0 Å². The minimum absolute atomic E-state index is 0.0719. The predicted molar refractivity (Wildman–Crippen MR) is 116 cm³/mol. The monoisotopic (exact) mass is 429 g/mol. The minimum atomic E-state index is -0.611. The van der Waals surface area contributed by atoms with Crippen molar-refractivity contribution in [3.05, 3.63) is 63.7 Å². The number of thiazole rings is 1. The van der Waals surface area contributed by atoms with Gasteiger partial charge in [-0.05, 0) is 43.4 Å². The lowest BCUT2D eigenvalue weighted by molar-refractivity contribution is 0.256. The van der Waals surface area contributed by atoms with Crippen molar-refractivity contribution in [3.63, 3.8) is 0 Å². The Labute approximate surface area is 173 Å². The summed E-state index contributed by atoms with van der Waals surface area (Å²) in [6, 6.07) is 11.7. The van der Waals surface area contributed by atoms with E-state index in [4.69, 9.17) is 23.8 Å². The molecule has 0 spiro atoms. The third-order valence-electron chi connectivity index (χ3n) is 3.96. The van der Waals surface area contributed by atoms with Crippen molar-refractivity contribution in [2.45, 2.75) is 6.92 Å². The highest BCUT2D eigenvalue weighted by molar-refractivity contribution is 7.80. The molecule has 0 aliphatic heterocycles. The normalized spacial score (nSPS) is 10.9. The van der Waals surface area contributed by atoms with Crippen LogP contribution in [0.3, 0.4) is 0 Å². The summed E-state index contributed by atoms with van der Waals surface area (Å²) in [5.74, 6) is 0.376. The Kier molecular flexibility index (Phi) is 4.80. The maximum absolute atomic E-state index is 12.7. The van der Waals surface area contributed by atoms with Gasteiger partial charge < -0.3 is 0 Å². The van der Waals surface area contributed by atoms with Crippen LogP contribution < -0.4 is 16.2 Å². The van der Waals surface area contributed by atoms with Crippen LogP contribution in [0, 0.1) is 6.92 Å². The second-order valence-electron chi connectivity index (χ2n) is 5.81. The number of aryl methyl sites for hydroxylation is 1. The average molecular weight is 430 g/mol. The number of nitrogens with one attached hydrogen (secondary N) is 2. The van der Waals surface area contributed by atoms with Crippen LogP contribution in [-0.2, 0) is 0 Å². The van der Waals surface area contributed by atoms with E-state index in [1.165, 1.54) is 15.9 Å². The first-order valence-electron chi connectivity index (χ1n) is 8.10. The molecule has 2 heterocycles. The van der Waals surface area contributed by atoms with Gasteiger partial charge in [-0.15, -0.1) is 0 Å². The van der Waals surface area contributed by atoms with Crippen LogP contribution in [0.25, 0.3) is 21.1 Å². The lowest BCUT2D eigenvalue weighted by Crippen LogP contribution is -2.42. The maximum atomic E-state index is 12.7. The van der Waals surface area contributed by atoms with Gasteiger partial charge in [0.05, 0.1) is 20.6 Å². The number of para-hydroxylation sites is 2. The number of urea groups is 1. The average Bonchev–Trinajstić information content (AvgIpc) is 3.05. The Morgan fingerprint density at radius 1 is 1.18 bits per heavy atom. The summed E-state index contributed by atoms with van der Waals surface area (Å²) < 4.78 is 2.03. The molecule has 0 bridgehead atoms. The third kappa shape index (κ3) is 3.35. The fraction of sp³-hybridized carbons (Fsp3) is 0.0556. The highest BCUT2D eigenvalue weighted by atomic mass is 35.5. The van der Waals surface area contributed by atoms with Crippen molar-refractivity contribution >= 4 is 72.6 Å². The van der Waals surface area contributed by atoms with E-state index in [1.807, 2.05) is 12.1 Å². The molecule has 0 fully saturated rings. The Morgan fingerprint density at radius 2 is 1.96 bits per heavy atom. The van der Waals surface area contributed by atoms with Crippen LogP contribution >= 0.6 is 35.2 Å². The smallest absolute Gasteiger partial charge is 0.284 e. The van der Waals surface area contributed by atoms with Crippen LogP contribution in [0.4, 0.5) is 9.93 Å². The summed E-state index contributed by atoms with van der Waals surface area (Å²) in [7, 11) is 0. The van der Waals surface area contributed by atoms with Gasteiger partial charge in [0.25, 0.3) is 5.56 Å². The van der Waals surface area contributed by atoms with Crippen LogP contribution in [0.2, 0.25) is 5.02 Å². The molecule has 7 nitrogen and oxygen atoms in total. The van der Waals surface area contributed by atoms with Crippen LogP contribution in [0.15, 0.2) is 47.3 Å². The number of fused-ring (bicyclic) bond motifs is 2. The summed E-state index contributed by atoms with van der Waals surface area (Å²) in [6.45, 7) is 1.65. The number of anilines is 1. The molecule has 0 aliphatic rings. The lowest BCUT2D eigenvalue weighted by atomic mass is 10.2. The van der Waals surface area contributed by atoms with Gasteiger partial charge in [-0.25, -0.2) is 19.3 Å². The molecule has 2 aromatic heterocycles. The molecule has 2 aromatic carbocycles. The number of benzene rings is 2. The standard InChI is InChI=1S/C18H12ClN5O2S2/c1-9-20-12-7-3-2-5-10(12)15(25)24(9)18(27)23-16(26)22-17-21-14-11(19)6-4-8-13(14)28-17/h2-8H,1H3,(H2,21,22,23,26,27). The van der Waals surface area contributed by atoms with E-state index in [0.29, 0.717) is 32.4 Å². The third-order valence-corrected chi connectivity index (χ3v) is 5.48. The van der Waals surface area contributed by atoms with E-state index in [-0.39, 0.29) is 10.7 Å². The van der Waals surface area contributed by atoms with Crippen molar-refractivity contribution in [3.8, 4) is 0 Å². The summed E-state index contributed by atoms with van der Waals surface area (Å²) in [6.07, 6.45) is 0. The molecule has 4 rings (SSSR count). The first-order valence-corrected chi connectivity index (χ1v) is 9.70. The van der Waals surface area contributed by atoms with Crippen molar-refractivity contribution in [1.82, 2.24) is 19.9 Å². The number of nitrogens with zero attached hydrogens (tertiary/aromatic N) is 3. The Balaban J connectivity index is 1.58. The zero-order valence-electron chi connectivity index (χ0n) is 14.4. The minimum Gasteiger partial charge on any atom is -0.284 e. The first-order chi connectivity index (χ1) is 13.4. The fourth-order valence-electron chi connectivity index (χ4n) is 2.73. The molecule has 0 aliphatic carbocycles. The highest BCUT2D eigenvalue weighted by Gasteiger charge is 2.15. The number of hydrogen-bond acceptors (Lipinski definition) is 6. The molecular weight excluding hydrogens is 418 g/mol. The number of carbonyl (C=O) groups is 1. The fourth-order valence-corrected chi connectivity index (χ4v) is 4.20. The molecule has 4 aromatic rings. The largest absolute Gasteiger partial charge is 0.327 e. The predicted octanol–water partition coefficient (Wildman–Crippen LogP) is 3.92. The molecule has 140 valence electrons. The highest BCUT2D eigenvalue weighted by Crippen LogP contribution is 2.30. The second kappa shape index (κ2) is 7.27. The SMILES string of the molecule is Cc1nc2ccccc2c(=O)n1C(=S)NC(=O)Nc1nc2c(Cl)cccc2s1. The van der Waals surface area contributed by atoms with E-state index in [2.05, 4.69) is 20.6 Å². The Morgan fingerprint density at radius 3 is 2.75 bits per heavy atom. The van der Waals surface area contributed by atoms with Crippen molar-refractivity contribution in [1.29, 1.82) is 0 Å². The molecule has 0 atom stereocenters. The number of aromatic nitrogens is 3. The summed E-state index contributed by atoms with van der Waals surface area (Å²) in [5, 5.41) is 6.31. The number of amides is 2. The number of thiocarbonyl (C=S) groups is 1. The Bertz CT molecular complexity index is 1310. The maximum Gasteiger partial charge on any atom is 0.327 e. The lowest BCUT2D eigenvalue weighted by Gasteiger charge is -2.12. The molecule has 0 saturated heterocycles. The van der Waals surface area contributed by atoms with Crippen molar-refractivity contribution < 1.29 is 4.79 Å². The second-order valence-corrected chi connectivity index (χ2v) is 7.63. The van der Waals surface area contributed by atoms with E-state index < -0.39 is 6.03 Å². The quantitative estimate of drug-likeness (QED) is 0.447. The summed E-state index contributed by atoms with van der Waals surface area (Å²) in [4.78, 5) is 33.7. The van der Waals surface area contributed by atoms with Crippen LogP contribution in [0.5, 0.6) is 0 Å². The van der Waals surface area contributed by atoms with Gasteiger partial charge in [0.2, 0.25) is 0 Å². The molecule has 0 saturated carbocycles. The molecule has 2 amide bonds. The van der Waals surface area contributed by atoms with E-state index >= 15 is 0 Å². The van der Waals surface area contributed by atoms with Gasteiger partial charge in [0.1, 0.15) is 11.3 Å². The van der Waals surface area contributed by atoms with Gasteiger partial charge in [-0.3, -0.25) is 15.4 Å². The van der Waals surface area contributed by atoms with Crippen LogP contribution in [-0.4, -0.2) is 25.7 Å². The summed E-state index contributed by atoms with van der Waals surface area (Å²) in [5.41, 5.74) is 0.831. The van der Waals surface area contributed by atoms with E-state index in [1.54, 1.807) is 37.3 Å². The van der Waals surface area contributed by atoms with Gasteiger partial charge >= 0.3 is 6.03 Å². The molecule has 2 N–H and O–H groups in total. The van der Waals surface area contributed by atoms with Gasteiger partial charge in [-0.2, -0.15) is 0 Å². The molecule has 0 radical (unpaired) electrons. The zero-order chi connectivity index (χ0) is 19.8. The topological polar surface area (TPSA) is 88.9 Å². The van der Waals surface area contributed by atoms with Gasteiger partial charge in [0.15, 0.2) is 10.2 Å². The van der Waals surface area contributed by atoms with E-state index in [9.17, 15) is 9.59 Å². The summed E-state index contributed by atoms with van der Waals surface area (Å²) >= 11 is 12.6. The number of hydrogen-bond donors (Lipinski definition) is 2.